The Bertz CT molecular complexity index is 1340. The zero-order valence-electron chi connectivity index (χ0n) is 19.8. The molecule has 0 radical (unpaired) electrons. The number of benzene rings is 3. The van der Waals surface area contributed by atoms with Crippen molar-refractivity contribution in [2.75, 3.05) is 24.6 Å². The van der Waals surface area contributed by atoms with Gasteiger partial charge in [-0.15, -0.1) is 0 Å². The summed E-state index contributed by atoms with van der Waals surface area (Å²) >= 11 is 0. The minimum atomic E-state index is -4.16. The van der Waals surface area contributed by atoms with Crippen LogP contribution < -0.4 is 19.2 Å². The molecule has 0 saturated carbocycles. The molecule has 0 aliphatic rings. The highest BCUT2D eigenvalue weighted by atomic mass is 32.2. The van der Waals surface area contributed by atoms with Crippen LogP contribution in [0.4, 0.5) is 10.1 Å². The molecular weight excluding hydrogens is 485 g/mol. The smallest absolute Gasteiger partial charge is 0.264 e. The first-order valence-electron chi connectivity index (χ1n) is 10.8. The Morgan fingerprint density at radius 1 is 1.08 bits per heavy atom. The highest BCUT2D eigenvalue weighted by molar-refractivity contribution is 7.92. The quantitative estimate of drug-likeness (QED) is 0.238. The van der Waals surface area contributed by atoms with Gasteiger partial charge in [-0.2, -0.15) is 5.10 Å². The first-order chi connectivity index (χ1) is 17.2. The Hall–Kier alpha value is -4.18. The van der Waals surface area contributed by atoms with Gasteiger partial charge in [0.15, 0.2) is 11.5 Å². The number of nitrogens with one attached hydrogen (secondary N) is 1. The van der Waals surface area contributed by atoms with Crippen molar-refractivity contribution >= 4 is 27.8 Å². The standard InChI is InChI=1S/C26H26FN3O5S/c1-4-15-35-24-14-7-20(16-25(24)34-3)17-28-29-26(31)18-30(22-10-5-19(2)6-11-22)36(32,33)23-12-8-21(27)9-13-23/h4-14,16-17H,1,15,18H2,2-3H3,(H,29,31)/b28-17-. The highest BCUT2D eigenvalue weighted by Crippen LogP contribution is 2.27. The van der Waals surface area contributed by atoms with E-state index in [1.54, 1.807) is 48.5 Å². The minimum Gasteiger partial charge on any atom is -0.493 e. The average Bonchev–Trinajstić information content (AvgIpc) is 2.87. The monoisotopic (exact) mass is 511 g/mol. The van der Waals surface area contributed by atoms with Crippen molar-refractivity contribution in [2.24, 2.45) is 5.10 Å². The second-order valence-corrected chi connectivity index (χ2v) is 9.47. The van der Waals surface area contributed by atoms with Crippen molar-refractivity contribution in [1.29, 1.82) is 0 Å². The van der Waals surface area contributed by atoms with Gasteiger partial charge in [0.05, 0.1) is 23.9 Å². The maximum Gasteiger partial charge on any atom is 0.264 e. The molecule has 1 N–H and O–H groups in total. The van der Waals surface area contributed by atoms with E-state index in [-0.39, 0.29) is 10.6 Å². The van der Waals surface area contributed by atoms with E-state index in [9.17, 15) is 17.6 Å². The van der Waals surface area contributed by atoms with E-state index >= 15 is 0 Å². The van der Waals surface area contributed by atoms with Gasteiger partial charge in [-0.3, -0.25) is 9.10 Å². The number of carbonyl (C=O) groups excluding carboxylic acids is 1. The molecule has 3 aromatic carbocycles. The van der Waals surface area contributed by atoms with E-state index < -0.39 is 28.3 Å². The number of carbonyl (C=O) groups is 1. The molecular formula is C26H26FN3O5S. The number of hydrogen-bond donors (Lipinski definition) is 1. The van der Waals surface area contributed by atoms with E-state index in [0.717, 1.165) is 34.1 Å². The molecule has 0 fully saturated rings. The number of hydrogen-bond acceptors (Lipinski definition) is 6. The van der Waals surface area contributed by atoms with Gasteiger partial charge in [0.2, 0.25) is 0 Å². The van der Waals surface area contributed by atoms with Crippen LogP contribution in [0.15, 0.2) is 89.4 Å². The van der Waals surface area contributed by atoms with Crippen LogP contribution in [0.5, 0.6) is 11.5 Å². The molecule has 3 aromatic rings. The van der Waals surface area contributed by atoms with E-state index in [4.69, 9.17) is 9.47 Å². The number of aryl methyl sites for hydroxylation is 1. The Morgan fingerprint density at radius 2 is 1.78 bits per heavy atom. The van der Waals surface area contributed by atoms with Crippen molar-refractivity contribution in [3.05, 3.63) is 96.3 Å². The number of anilines is 1. The molecule has 3 rings (SSSR count). The second-order valence-electron chi connectivity index (χ2n) is 7.60. The molecule has 1 amide bonds. The SMILES string of the molecule is C=CCOc1ccc(/C=N\NC(=O)CN(c2ccc(C)cc2)S(=O)(=O)c2ccc(F)cc2)cc1OC. The third-order valence-corrected chi connectivity index (χ3v) is 6.75. The second kappa shape index (κ2) is 12.0. The molecule has 0 bridgehead atoms. The maximum absolute atomic E-state index is 13.4. The Morgan fingerprint density at radius 3 is 2.42 bits per heavy atom. The van der Waals surface area contributed by atoms with Gasteiger partial charge in [-0.05, 0) is 67.1 Å². The number of rotatable bonds is 11. The molecule has 8 nitrogen and oxygen atoms in total. The zero-order chi connectivity index (χ0) is 26.1. The summed E-state index contributed by atoms with van der Waals surface area (Å²) in [5.41, 5.74) is 4.16. The van der Waals surface area contributed by atoms with Gasteiger partial charge in [-0.1, -0.05) is 30.4 Å². The molecule has 0 unspecified atom stereocenters. The van der Waals surface area contributed by atoms with Crippen LogP contribution in [0.2, 0.25) is 0 Å². The number of hydrazone groups is 1. The lowest BCUT2D eigenvalue weighted by Gasteiger charge is -2.23. The fourth-order valence-electron chi connectivity index (χ4n) is 3.14. The molecule has 10 heteroatoms. The third-order valence-electron chi connectivity index (χ3n) is 4.96. The van der Waals surface area contributed by atoms with Crippen molar-refractivity contribution in [2.45, 2.75) is 11.8 Å². The number of methoxy groups -OCH3 is 1. The van der Waals surface area contributed by atoms with Crippen molar-refractivity contribution in [1.82, 2.24) is 5.43 Å². The lowest BCUT2D eigenvalue weighted by atomic mass is 10.2. The van der Waals surface area contributed by atoms with Crippen LogP contribution in [-0.2, 0) is 14.8 Å². The first-order valence-corrected chi connectivity index (χ1v) is 12.3. The van der Waals surface area contributed by atoms with Crippen LogP contribution in [0.25, 0.3) is 0 Å². The molecule has 0 aliphatic carbocycles. The Labute approximate surface area is 209 Å². The summed E-state index contributed by atoms with van der Waals surface area (Å²) < 4.78 is 51.7. The number of nitrogens with zero attached hydrogens (tertiary/aromatic N) is 2. The molecule has 0 saturated heterocycles. The summed E-state index contributed by atoms with van der Waals surface area (Å²) in [4.78, 5) is 12.5. The van der Waals surface area contributed by atoms with E-state index in [1.807, 2.05) is 6.92 Å². The van der Waals surface area contributed by atoms with Crippen LogP contribution in [0.3, 0.4) is 0 Å². The Kier molecular flexibility index (Phi) is 8.80. The summed E-state index contributed by atoms with van der Waals surface area (Å²) in [7, 11) is -2.66. The minimum absolute atomic E-state index is 0.147. The number of sulfonamides is 1. The summed E-state index contributed by atoms with van der Waals surface area (Å²) in [5, 5.41) is 3.93. The molecule has 36 heavy (non-hydrogen) atoms. The molecule has 0 heterocycles. The van der Waals surface area contributed by atoms with Gasteiger partial charge < -0.3 is 9.47 Å². The van der Waals surface area contributed by atoms with Crippen LogP contribution >= 0.6 is 0 Å². The van der Waals surface area contributed by atoms with Crippen LogP contribution in [0.1, 0.15) is 11.1 Å². The predicted octanol–water partition coefficient (Wildman–Crippen LogP) is 4.05. The summed E-state index contributed by atoms with van der Waals surface area (Å²) in [6.45, 7) is 5.23. The highest BCUT2D eigenvalue weighted by Gasteiger charge is 2.27. The summed E-state index contributed by atoms with van der Waals surface area (Å²) in [6.07, 6.45) is 3.00. The fourth-order valence-corrected chi connectivity index (χ4v) is 4.56. The zero-order valence-corrected chi connectivity index (χ0v) is 20.7. The normalized spacial score (nSPS) is 11.2. The molecule has 0 spiro atoms. The van der Waals surface area contributed by atoms with Gasteiger partial charge >= 0.3 is 0 Å². The predicted molar refractivity (Wildman–Crippen MR) is 137 cm³/mol. The lowest BCUT2D eigenvalue weighted by Crippen LogP contribution is -2.39. The largest absolute Gasteiger partial charge is 0.493 e. The van der Waals surface area contributed by atoms with Crippen molar-refractivity contribution in [3.63, 3.8) is 0 Å². The molecule has 0 aromatic heterocycles. The van der Waals surface area contributed by atoms with Crippen LogP contribution in [0, 0.1) is 12.7 Å². The summed E-state index contributed by atoms with van der Waals surface area (Å²) in [6, 6.07) is 16.1. The van der Waals surface area contributed by atoms with Crippen molar-refractivity contribution < 1.29 is 27.1 Å². The number of ether oxygens (including phenoxy) is 2. The van der Waals surface area contributed by atoms with E-state index in [1.165, 1.54) is 13.3 Å². The third kappa shape index (κ3) is 6.70. The maximum atomic E-state index is 13.4. The van der Waals surface area contributed by atoms with Gasteiger partial charge in [0.1, 0.15) is 19.0 Å². The van der Waals surface area contributed by atoms with E-state index in [2.05, 4.69) is 17.1 Å². The van der Waals surface area contributed by atoms with E-state index in [0.29, 0.717) is 23.7 Å². The average molecular weight is 512 g/mol. The van der Waals surface area contributed by atoms with Crippen LogP contribution in [-0.4, -0.2) is 40.8 Å². The first kappa shape index (κ1) is 26.4. The molecule has 188 valence electrons. The molecule has 0 atom stereocenters. The number of halogens is 1. The Balaban J connectivity index is 1.78. The van der Waals surface area contributed by atoms with Gasteiger partial charge in [0.25, 0.3) is 15.9 Å². The summed E-state index contributed by atoms with van der Waals surface area (Å²) in [5.74, 6) is -0.239. The topological polar surface area (TPSA) is 97.3 Å². The van der Waals surface area contributed by atoms with Gasteiger partial charge in [-0.25, -0.2) is 18.2 Å². The van der Waals surface area contributed by atoms with Crippen molar-refractivity contribution in [3.8, 4) is 11.5 Å². The van der Waals surface area contributed by atoms with Gasteiger partial charge in [0, 0.05) is 0 Å². The number of amides is 1. The lowest BCUT2D eigenvalue weighted by molar-refractivity contribution is -0.119. The fraction of sp³-hybridized carbons (Fsp3) is 0.154. The molecule has 0 aliphatic heterocycles.